The van der Waals surface area contributed by atoms with Crippen LogP contribution in [-0.4, -0.2) is 31.8 Å². The smallest absolute Gasteiger partial charge is 0.0587 e. The van der Waals surface area contributed by atoms with Crippen LogP contribution < -0.4 is 11.1 Å². The van der Waals surface area contributed by atoms with Crippen LogP contribution in [0.1, 0.15) is 20.8 Å². The Morgan fingerprint density at radius 1 is 1.55 bits per heavy atom. The fourth-order valence-electron chi connectivity index (χ4n) is 0.636. The molecule has 0 spiro atoms. The maximum Gasteiger partial charge on any atom is 0.0587 e. The molecule has 0 aromatic rings. The van der Waals surface area contributed by atoms with Crippen molar-refractivity contribution in [2.45, 2.75) is 32.4 Å². The first-order valence-corrected chi connectivity index (χ1v) is 4.00. The van der Waals surface area contributed by atoms with Crippen molar-refractivity contribution in [3.8, 4) is 0 Å². The second kappa shape index (κ2) is 4.70. The zero-order valence-electron chi connectivity index (χ0n) is 7.98. The highest BCUT2D eigenvalue weighted by atomic mass is 16.5. The fourth-order valence-corrected chi connectivity index (χ4v) is 0.636. The fraction of sp³-hybridized carbons (Fsp3) is 1.00. The van der Waals surface area contributed by atoms with Gasteiger partial charge < -0.3 is 15.8 Å². The molecule has 0 aromatic carbocycles. The Bertz CT molecular complexity index is 102. The Morgan fingerprint density at radius 3 is 2.45 bits per heavy atom. The number of nitrogens with two attached hydrogens (primary N) is 1. The minimum absolute atomic E-state index is 0.00146. The average Bonchev–Trinajstić information content (AvgIpc) is 1.88. The molecule has 0 bridgehead atoms. The molecule has 3 nitrogen and oxygen atoms in total. The lowest BCUT2D eigenvalue weighted by Gasteiger charge is -2.30. The minimum atomic E-state index is -0.00146. The van der Waals surface area contributed by atoms with Crippen LogP contribution in [-0.2, 0) is 4.74 Å². The highest BCUT2D eigenvalue weighted by Gasteiger charge is 2.20. The maximum absolute atomic E-state index is 5.75. The highest BCUT2D eigenvalue weighted by Crippen LogP contribution is 2.04. The molecule has 3 N–H and O–H groups in total. The van der Waals surface area contributed by atoms with E-state index in [0.29, 0.717) is 0 Å². The normalized spacial score (nSPS) is 15.0. The van der Waals surface area contributed by atoms with E-state index in [0.717, 1.165) is 13.2 Å². The summed E-state index contributed by atoms with van der Waals surface area (Å²) < 4.78 is 4.91. The Morgan fingerprint density at radius 2 is 2.09 bits per heavy atom. The van der Waals surface area contributed by atoms with Crippen molar-refractivity contribution >= 4 is 0 Å². The van der Waals surface area contributed by atoms with Gasteiger partial charge in [0.15, 0.2) is 0 Å². The standard InChI is InChI=1S/C8H20N2O/c1-7(9)8(2,3)10-5-6-11-4/h7,10H,5-6,9H2,1-4H3. The van der Waals surface area contributed by atoms with Crippen LogP contribution in [0.25, 0.3) is 0 Å². The number of hydrogen-bond donors (Lipinski definition) is 2. The van der Waals surface area contributed by atoms with Gasteiger partial charge in [0, 0.05) is 25.2 Å². The molecule has 0 saturated heterocycles. The molecule has 0 aliphatic heterocycles. The number of nitrogens with one attached hydrogen (secondary N) is 1. The van der Waals surface area contributed by atoms with Gasteiger partial charge in [0.2, 0.25) is 0 Å². The summed E-state index contributed by atoms with van der Waals surface area (Å²) in [7, 11) is 1.69. The molecule has 0 aliphatic carbocycles. The van der Waals surface area contributed by atoms with E-state index >= 15 is 0 Å². The molecule has 0 saturated carbocycles. The van der Waals surface area contributed by atoms with Crippen molar-refractivity contribution in [1.29, 1.82) is 0 Å². The van der Waals surface area contributed by atoms with Gasteiger partial charge in [-0.05, 0) is 20.8 Å². The predicted octanol–water partition coefficient (Wildman–Crippen LogP) is 0.348. The van der Waals surface area contributed by atoms with Gasteiger partial charge in [0.25, 0.3) is 0 Å². The van der Waals surface area contributed by atoms with Crippen molar-refractivity contribution in [2.24, 2.45) is 5.73 Å². The molecule has 0 radical (unpaired) electrons. The highest BCUT2D eigenvalue weighted by molar-refractivity contribution is 4.85. The molecule has 0 amide bonds. The van der Waals surface area contributed by atoms with Gasteiger partial charge in [-0.25, -0.2) is 0 Å². The van der Waals surface area contributed by atoms with Crippen molar-refractivity contribution in [2.75, 3.05) is 20.3 Å². The summed E-state index contributed by atoms with van der Waals surface area (Å²) in [5.74, 6) is 0. The van der Waals surface area contributed by atoms with Crippen molar-refractivity contribution < 1.29 is 4.74 Å². The molecular formula is C8H20N2O. The third-order valence-electron chi connectivity index (χ3n) is 2.03. The number of ether oxygens (including phenoxy) is 1. The van der Waals surface area contributed by atoms with Crippen LogP contribution in [0.2, 0.25) is 0 Å². The van der Waals surface area contributed by atoms with E-state index in [4.69, 9.17) is 10.5 Å². The van der Waals surface area contributed by atoms with E-state index in [9.17, 15) is 0 Å². The van der Waals surface area contributed by atoms with Gasteiger partial charge in [0.1, 0.15) is 0 Å². The second-order valence-electron chi connectivity index (χ2n) is 3.43. The summed E-state index contributed by atoms with van der Waals surface area (Å²) in [6.45, 7) is 7.77. The second-order valence-corrected chi connectivity index (χ2v) is 3.43. The Labute approximate surface area is 69.3 Å². The van der Waals surface area contributed by atoms with Gasteiger partial charge in [-0.3, -0.25) is 0 Å². The van der Waals surface area contributed by atoms with Gasteiger partial charge in [0.05, 0.1) is 6.61 Å². The van der Waals surface area contributed by atoms with Crippen LogP contribution in [0.15, 0.2) is 0 Å². The van der Waals surface area contributed by atoms with Crippen molar-refractivity contribution in [3.63, 3.8) is 0 Å². The zero-order chi connectivity index (χ0) is 8.91. The molecule has 11 heavy (non-hydrogen) atoms. The molecule has 68 valence electrons. The summed E-state index contributed by atoms with van der Waals surface area (Å²) in [6.07, 6.45) is 0. The molecule has 0 aliphatic rings. The average molecular weight is 160 g/mol. The Balaban J connectivity index is 3.55. The first-order chi connectivity index (χ1) is 5.00. The molecule has 0 rings (SSSR count). The number of rotatable bonds is 5. The molecule has 0 aromatic heterocycles. The quantitative estimate of drug-likeness (QED) is 0.570. The molecule has 0 heterocycles. The minimum Gasteiger partial charge on any atom is -0.383 e. The summed E-state index contributed by atoms with van der Waals surface area (Å²) in [5, 5.41) is 3.31. The largest absolute Gasteiger partial charge is 0.383 e. The Hall–Kier alpha value is -0.120. The lowest BCUT2D eigenvalue weighted by Crippen LogP contribution is -2.53. The topological polar surface area (TPSA) is 47.3 Å². The zero-order valence-corrected chi connectivity index (χ0v) is 7.98. The van der Waals surface area contributed by atoms with E-state index in [1.54, 1.807) is 7.11 Å². The third-order valence-corrected chi connectivity index (χ3v) is 2.03. The van der Waals surface area contributed by atoms with Crippen molar-refractivity contribution in [3.05, 3.63) is 0 Å². The van der Waals surface area contributed by atoms with Crippen LogP contribution in [0, 0.1) is 0 Å². The summed E-state index contributed by atoms with van der Waals surface area (Å²) in [6, 6.07) is 0.152. The van der Waals surface area contributed by atoms with Gasteiger partial charge in [-0.15, -0.1) is 0 Å². The van der Waals surface area contributed by atoms with E-state index in [1.807, 2.05) is 6.92 Å². The predicted molar refractivity (Wildman–Crippen MR) is 47.6 cm³/mol. The van der Waals surface area contributed by atoms with E-state index < -0.39 is 0 Å². The van der Waals surface area contributed by atoms with Crippen LogP contribution in [0.5, 0.6) is 0 Å². The molecule has 0 fully saturated rings. The summed E-state index contributed by atoms with van der Waals surface area (Å²) in [5.41, 5.74) is 5.75. The lowest BCUT2D eigenvalue weighted by molar-refractivity contribution is 0.184. The third kappa shape index (κ3) is 4.35. The SMILES string of the molecule is COCCNC(C)(C)C(C)N. The van der Waals surface area contributed by atoms with Gasteiger partial charge in [-0.1, -0.05) is 0 Å². The van der Waals surface area contributed by atoms with Gasteiger partial charge in [-0.2, -0.15) is 0 Å². The monoisotopic (exact) mass is 160 g/mol. The first kappa shape index (κ1) is 10.9. The molecular weight excluding hydrogens is 140 g/mol. The number of hydrogen-bond acceptors (Lipinski definition) is 3. The van der Waals surface area contributed by atoms with Gasteiger partial charge >= 0.3 is 0 Å². The summed E-state index contributed by atoms with van der Waals surface area (Å²) >= 11 is 0. The molecule has 1 atom stereocenters. The van der Waals surface area contributed by atoms with Crippen LogP contribution >= 0.6 is 0 Å². The van der Waals surface area contributed by atoms with E-state index in [-0.39, 0.29) is 11.6 Å². The van der Waals surface area contributed by atoms with E-state index in [1.165, 1.54) is 0 Å². The number of methoxy groups -OCH3 is 1. The maximum atomic E-state index is 5.75. The van der Waals surface area contributed by atoms with Crippen LogP contribution in [0.4, 0.5) is 0 Å². The van der Waals surface area contributed by atoms with Crippen molar-refractivity contribution in [1.82, 2.24) is 5.32 Å². The summed E-state index contributed by atoms with van der Waals surface area (Å²) in [4.78, 5) is 0. The van der Waals surface area contributed by atoms with Crippen LogP contribution in [0.3, 0.4) is 0 Å². The first-order valence-electron chi connectivity index (χ1n) is 4.00. The Kier molecular flexibility index (Phi) is 4.65. The molecule has 1 unspecified atom stereocenters. The molecule has 3 heteroatoms. The lowest BCUT2D eigenvalue weighted by atomic mass is 9.97. The van der Waals surface area contributed by atoms with E-state index in [2.05, 4.69) is 19.2 Å².